The van der Waals surface area contributed by atoms with Crippen LogP contribution in [0.25, 0.3) is 22.2 Å². The molecule has 0 bridgehead atoms. The molecule has 1 atom stereocenters. The van der Waals surface area contributed by atoms with Crippen molar-refractivity contribution in [1.82, 2.24) is 9.97 Å². The van der Waals surface area contributed by atoms with Crippen LogP contribution in [0.1, 0.15) is 29.2 Å². The lowest BCUT2D eigenvalue weighted by Crippen LogP contribution is -2.21. The van der Waals surface area contributed by atoms with Crippen LogP contribution < -0.4 is 9.75 Å². The van der Waals surface area contributed by atoms with Crippen molar-refractivity contribution >= 4 is 22.6 Å². The molecule has 0 unspecified atom stereocenters. The van der Waals surface area contributed by atoms with E-state index in [1.807, 2.05) is 41.4 Å². The first-order chi connectivity index (χ1) is 17.7. The zero-order valence-corrected chi connectivity index (χ0v) is 20.3. The van der Waals surface area contributed by atoms with Gasteiger partial charge in [-0.25, -0.2) is 15.0 Å². The Bertz CT molecular complexity index is 1550. The normalized spacial score (nSPS) is 15.2. The molecule has 5 heteroatoms. The van der Waals surface area contributed by atoms with E-state index in [0.717, 1.165) is 45.6 Å². The van der Waals surface area contributed by atoms with Gasteiger partial charge >= 0.3 is 0 Å². The highest BCUT2D eigenvalue weighted by molar-refractivity contribution is 6.03. The van der Waals surface area contributed by atoms with Crippen LogP contribution in [0.3, 0.4) is 0 Å². The number of methoxy groups -OCH3 is 1. The number of hydrogen-bond donors (Lipinski definition) is 0. The molecule has 1 aliphatic rings. The predicted molar refractivity (Wildman–Crippen MR) is 146 cm³/mol. The third-order valence-electron chi connectivity index (χ3n) is 6.61. The molecule has 0 radical (unpaired) electrons. The van der Waals surface area contributed by atoms with E-state index in [4.69, 9.17) is 19.8 Å². The number of rotatable bonds is 5. The maximum atomic E-state index is 5.35. The molecule has 0 aliphatic carbocycles. The highest BCUT2D eigenvalue weighted by Gasteiger charge is 2.32. The Morgan fingerprint density at radius 2 is 1.50 bits per heavy atom. The molecule has 176 valence electrons. The van der Waals surface area contributed by atoms with Crippen LogP contribution in [-0.2, 0) is 0 Å². The highest BCUT2D eigenvalue weighted by atomic mass is 16.5. The average molecular weight is 471 g/mol. The van der Waals surface area contributed by atoms with Crippen LogP contribution in [0.5, 0.6) is 5.75 Å². The SMILES string of the molecule is COc1ccc(C2=NN(c3nc(-c4ccccc4)c4cc(C)ccc4n3)[C@@H](c3ccccc3)C2)cc1. The highest BCUT2D eigenvalue weighted by Crippen LogP contribution is 2.37. The van der Waals surface area contributed by atoms with E-state index >= 15 is 0 Å². The number of anilines is 1. The van der Waals surface area contributed by atoms with Gasteiger partial charge in [-0.3, -0.25) is 0 Å². The van der Waals surface area contributed by atoms with Crippen molar-refractivity contribution in [1.29, 1.82) is 0 Å². The standard InChI is InChI=1S/C31H26N4O/c1-21-13-18-27-26(19-21)30(24-11-7-4-8-12-24)33-31(32-27)35-29(23-9-5-3-6-10-23)20-28(34-35)22-14-16-25(36-2)17-15-22/h3-19,29H,20H2,1-2H3/t29-/m1/s1. The molecule has 0 spiro atoms. The van der Waals surface area contributed by atoms with E-state index in [9.17, 15) is 0 Å². The molecule has 5 nitrogen and oxygen atoms in total. The maximum absolute atomic E-state index is 5.35. The third kappa shape index (κ3) is 4.09. The van der Waals surface area contributed by atoms with Crippen molar-refractivity contribution in [2.24, 2.45) is 5.10 Å². The maximum Gasteiger partial charge on any atom is 0.247 e. The summed E-state index contributed by atoms with van der Waals surface area (Å²) in [4.78, 5) is 10.1. The molecule has 4 aromatic carbocycles. The van der Waals surface area contributed by atoms with E-state index in [-0.39, 0.29) is 6.04 Å². The lowest BCUT2D eigenvalue weighted by Gasteiger charge is -2.23. The molecular formula is C31H26N4O. The Balaban J connectivity index is 1.52. The largest absolute Gasteiger partial charge is 0.497 e. The van der Waals surface area contributed by atoms with Gasteiger partial charge in [-0.05, 0) is 54.4 Å². The fraction of sp³-hybridized carbons (Fsp3) is 0.129. The van der Waals surface area contributed by atoms with Gasteiger partial charge in [0.25, 0.3) is 0 Å². The summed E-state index contributed by atoms with van der Waals surface area (Å²) in [6.45, 7) is 2.10. The molecule has 0 fully saturated rings. The number of ether oxygens (including phenoxy) is 1. The molecule has 0 amide bonds. The minimum Gasteiger partial charge on any atom is -0.497 e. The van der Waals surface area contributed by atoms with Gasteiger partial charge in [0.15, 0.2) is 0 Å². The van der Waals surface area contributed by atoms with Gasteiger partial charge in [-0.2, -0.15) is 5.10 Å². The van der Waals surface area contributed by atoms with Crippen molar-refractivity contribution in [3.8, 4) is 17.0 Å². The van der Waals surface area contributed by atoms with Crippen molar-refractivity contribution in [2.75, 3.05) is 12.1 Å². The third-order valence-corrected chi connectivity index (χ3v) is 6.61. The molecule has 5 aromatic rings. The fourth-order valence-corrected chi connectivity index (χ4v) is 4.74. The van der Waals surface area contributed by atoms with Crippen LogP contribution in [0.4, 0.5) is 5.95 Å². The van der Waals surface area contributed by atoms with Crippen molar-refractivity contribution in [2.45, 2.75) is 19.4 Å². The lowest BCUT2D eigenvalue weighted by atomic mass is 9.98. The molecule has 1 aromatic heterocycles. The number of benzene rings is 4. The summed E-state index contributed by atoms with van der Waals surface area (Å²) in [5.74, 6) is 1.43. The summed E-state index contributed by atoms with van der Waals surface area (Å²) < 4.78 is 5.35. The quantitative estimate of drug-likeness (QED) is 0.278. The van der Waals surface area contributed by atoms with Gasteiger partial charge in [0, 0.05) is 17.4 Å². The molecule has 36 heavy (non-hydrogen) atoms. The van der Waals surface area contributed by atoms with Gasteiger partial charge in [0.1, 0.15) is 5.75 Å². The minimum atomic E-state index is -0.00479. The van der Waals surface area contributed by atoms with E-state index in [2.05, 4.69) is 73.7 Å². The summed E-state index contributed by atoms with van der Waals surface area (Å²) in [6, 6.07) is 35.2. The summed E-state index contributed by atoms with van der Waals surface area (Å²) in [5.41, 5.74) is 7.31. The zero-order valence-electron chi connectivity index (χ0n) is 20.3. The Labute approximate surface area is 210 Å². The Hall–Kier alpha value is -4.51. The first-order valence-electron chi connectivity index (χ1n) is 12.1. The second-order valence-corrected chi connectivity index (χ2v) is 9.01. The summed E-state index contributed by atoms with van der Waals surface area (Å²) in [7, 11) is 1.68. The Kier molecular flexibility index (Phi) is 5.66. The van der Waals surface area contributed by atoms with E-state index in [1.165, 1.54) is 11.1 Å². The van der Waals surface area contributed by atoms with Crippen molar-refractivity contribution in [3.63, 3.8) is 0 Å². The summed E-state index contributed by atoms with van der Waals surface area (Å²) in [5, 5.41) is 8.11. The molecular weight excluding hydrogens is 444 g/mol. The topological polar surface area (TPSA) is 50.6 Å². The van der Waals surface area contributed by atoms with Crippen LogP contribution in [0, 0.1) is 6.92 Å². The number of aryl methyl sites for hydroxylation is 1. The van der Waals surface area contributed by atoms with Crippen LogP contribution >= 0.6 is 0 Å². The van der Waals surface area contributed by atoms with Crippen molar-refractivity contribution < 1.29 is 4.74 Å². The first kappa shape index (κ1) is 22.0. The summed E-state index contributed by atoms with van der Waals surface area (Å²) in [6.07, 6.45) is 0.756. The van der Waals surface area contributed by atoms with Crippen molar-refractivity contribution in [3.05, 3.63) is 120 Å². The molecule has 2 heterocycles. The molecule has 1 aliphatic heterocycles. The van der Waals surface area contributed by atoms with E-state index in [0.29, 0.717) is 5.95 Å². The van der Waals surface area contributed by atoms with Gasteiger partial charge in [-0.1, -0.05) is 72.3 Å². The fourth-order valence-electron chi connectivity index (χ4n) is 4.74. The van der Waals surface area contributed by atoms with Crippen LogP contribution in [0.15, 0.2) is 108 Å². The molecule has 0 N–H and O–H groups in total. The molecule has 0 saturated heterocycles. The van der Waals surface area contributed by atoms with E-state index < -0.39 is 0 Å². The second-order valence-electron chi connectivity index (χ2n) is 9.01. The minimum absolute atomic E-state index is 0.00479. The summed E-state index contributed by atoms with van der Waals surface area (Å²) >= 11 is 0. The van der Waals surface area contributed by atoms with Gasteiger partial charge in [-0.15, -0.1) is 0 Å². The Morgan fingerprint density at radius 3 is 2.22 bits per heavy atom. The lowest BCUT2D eigenvalue weighted by molar-refractivity contribution is 0.415. The number of fused-ring (bicyclic) bond motifs is 1. The zero-order chi connectivity index (χ0) is 24.5. The van der Waals surface area contributed by atoms with E-state index in [1.54, 1.807) is 7.11 Å². The number of nitrogens with zero attached hydrogens (tertiary/aromatic N) is 4. The second kappa shape index (κ2) is 9.27. The predicted octanol–water partition coefficient (Wildman–Crippen LogP) is 6.97. The number of hydrazone groups is 1. The van der Waals surface area contributed by atoms with Gasteiger partial charge < -0.3 is 4.74 Å². The van der Waals surface area contributed by atoms with Crippen LogP contribution in [-0.4, -0.2) is 22.8 Å². The van der Waals surface area contributed by atoms with Gasteiger partial charge in [0.05, 0.1) is 30.1 Å². The Morgan fingerprint density at radius 1 is 0.778 bits per heavy atom. The number of aromatic nitrogens is 2. The average Bonchev–Trinajstić information content (AvgIpc) is 3.39. The van der Waals surface area contributed by atoms with Gasteiger partial charge in [0.2, 0.25) is 5.95 Å². The molecule has 0 saturated carbocycles. The molecule has 6 rings (SSSR count). The number of hydrogen-bond acceptors (Lipinski definition) is 5. The monoisotopic (exact) mass is 470 g/mol. The first-order valence-corrected chi connectivity index (χ1v) is 12.1. The van der Waals surface area contributed by atoms with Crippen LogP contribution in [0.2, 0.25) is 0 Å². The smallest absolute Gasteiger partial charge is 0.247 e.